The molecule has 0 aromatic carbocycles. The number of aliphatic hydroxyl groups is 2. The largest absolute Gasteiger partial charge is 0.472 e. The Balaban J connectivity index is 4.45. The van der Waals surface area contributed by atoms with Crippen LogP contribution < -0.4 is 0 Å². The molecule has 0 radical (unpaired) electrons. The van der Waals surface area contributed by atoms with E-state index in [1.165, 1.54) is 128 Å². The summed E-state index contributed by atoms with van der Waals surface area (Å²) in [5.41, 5.74) is 0. The lowest BCUT2D eigenvalue weighted by Crippen LogP contribution is -2.30. The van der Waals surface area contributed by atoms with Crippen molar-refractivity contribution in [3.8, 4) is 0 Å². The summed E-state index contributed by atoms with van der Waals surface area (Å²) in [6, 6.07) is 0. The lowest BCUT2D eigenvalue weighted by atomic mass is 10.0. The first-order valence-electron chi connectivity index (χ1n) is 42.1. The highest BCUT2D eigenvalue weighted by Crippen LogP contribution is 2.45. The Morgan fingerprint density at radius 1 is 0.271 bits per heavy atom. The van der Waals surface area contributed by atoms with Gasteiger partial charge in [0.15, 0.2) is 6.10 Å². The van der Waals surface area contributed by atoms with Crippen molar-refractivity contribution >= 4 is 33.6 Å². The highest BCUT2D eigenvalue weighted by Gasteiger charge is 2.29. The molecule has 0 aliphatic rings. The summed E-state index contributed by atoms with van der Waals surface area (Å²) in [4.78, 5) is 58.7. The number of rotatable bonds is 79. The fraction of sp³-hybridized carbons (Fsp3) is 0.697. The number of hydrogen-bond acceptors (Lipinski definition) is 14. The fourth-order valence-corrected chi connectivity index (χ4v) is 12.8. The van der Waals surface area contributed by atoms with Crippen molar-refractivity contribution < 1.29 is 75.8 Å². The molecule has 4 N–H and O–H groups in total. The van der Waals surface area contributed by atoms with Gasteiger partial charge < -0.3 is 34.2 Å². The molecule has 16 nitrogen and oxygen atoms in total. The molecule has 0 spiro atoms. The molecule has 0 bridgehead atoms. The molecule has 5 unspecified atom stereocenters. The number of aliphatic hydroxyl groups excluding tert-OH is 2. The van der Waals surface area contributed by atoms with Crippen LogP contribution in [-0.4, -0.2) is 95.9 Å². The number of unbranched alkanes of at least 4 members (excludes halogenated alkanes) is 32. The molecule has 0 aromatic heterocycles. The highest BCUT2D eigenvalue weighted by molar-refractivity contribution is 7.47. The van der Waals surface area contributed by atoms with E-state index < -0.39 is 91.5 Å². The Morgan fingerprint density at radius 2 is 0.495 bits per heavy atom. The summed E-state index contributed by atoms with van der Waals surface area (Å²) in [6.07, 6.45) is 101. The van der Waals surface area contributed by atoms with Gasteiger partial charge in [-0.25, -0.2) is 9.13 Å². The zero-order valence-corrected chi connectivity index (χ0v) is 69.1. The van der Waals surface area contributed by atoms with Crippen LogP contribution in [0.3, 0.4) is 0 Å². The second-order valence-electron chi connectivity index (χ2n) is 27.9. The second kappa shape index (κ2) is 80.9. The first-order valence-corrected chi connectivity index (χ1v) is 45.1. The van der Waals surface area contributed by atoms with E-state index in [0.29, 0.717) is 19.3 Å². The van der Waals surface area contributed by atoms with E-state index in [1.54, 1.807) is 0 Å². The molecular formula is C89H152O16P2. The first-order chi connectivity index (χ1) is 52.2. The predicted octanol–water partition coefficient (Wildman–Crippen LogP) is 25.2. The van der Waals surface area contributed by atoms with Crippen LogP contribution in [0.4, 0.5) is 0 Å². The summed E-state index contributed by atoms with van der Waals surface area (Å²) in [6.45, 7) is 2.40. The van der Waals surface area contributed by atoms with E-state index in [9.17, 15) is 43.5 Å². The third-order valence-electron chi connectivity index (χ3n) is 17.5. The van der Waals surface area contributed by atoms with Gasteiger partial charge in [0.05, 0.1) is 26.4 Å². The van der Waals surface area contributed by atoms with E-state index >= 15 is 0 Å². The van der Waals surface area contributed by atoms with Gasteiger partial charge in [0, 0.05) is 19.3 Å². The molecule has 614 valence electrons. The smallest absolute Gasteiger partial charge is 0.463 e. The Labute approximate surface area is 651 Å². The minimum absolute atomic E-state index is 0.0695. The van der Waals surface area contributed by atoms with E-state index in [0.717, 1.165) is 154 Å². The quantitative estimate of drug-likeness (QED) is 0.0146. The lowest BCUT2D eigenvalue weighted by molar-refractivity contribution is -0.161. The molecule has 0 aliphatic carbocycles. The van der Waals surface area contributed by atoms with E-state index in [1.807, 2.05) is 0 Å². The average Bonchev–Trinajstić information content (AvgIpc) is 0.923. The maximum Gasteiger partial charge on any atom is 0.472 e. The summed E-state index contributed by atoms with van der Waals surface area (Å²) in [5, 5.41) is 20.7. The van der Waals surface area contributed by atoms with Gasteiger partial charge in [-0.15, -0.1) is 0 Å². The number of carbonyl (C=O) groups excluding carboxylic acids is 3. The number of carbonyl (C=O) groups is 3. The average molecular weight is 1540 g/mol. The number of phosphoric ester groups is 2. The third-order valence-corrected chi connectivity index (χ3v) is 19.4. The first kappa shape index (κ1) is 102. The van der Waals surface area contributed by atoms with Gasteiger partial charge in [-0.2, -0.15) is 0 Å². The van der Waals surface area contributed by atoms with Crippen molar-refractivity contribution in [3.63, 3.8) is 0 Å². The van der Waals surface area contributed by atoms with Gasteiger partial charge in [0.2, 0.25) is 0 Å². The van der Waals surface area contributed by atoms with Crippen molar-refractivity contribution in [3.05, 3.63) is 146 Å². The monoisotopic (exact) mass is 1540 g/mol. The molecule has 0 rings (SSSR count). The fourth-order valence-electron chi connectivity index (χ4n) is 11.2. The van der Waals surface area contributed by atoms with E-state index in [-0.39, 0.29) is 19.3 Å². The lowest BCUT2D eigenvalue weighted by Gasteiger charge is -2.21. The van der Waals surface area contributed by atoms with Crippen LogP contribution in [0.15, 0.2) is 146 Å². The number of hydrogen-bond donors (Lipinski definition) is 4. The Hall–Kier alpha value is -4.57. The molecule has 0 aromatic rings. The molecule has 5 atom stereocenters. The van der Waals surface area contributed by atoms with E-state index in [2.05, 4.69) is 167 Å². The van der Waals surface area contributed by atoms with Crippen LogP contribution >= 0.6 is 15.6 Å². The SMILES string of the molecule is CC/C=C\C/C=C\C/C=C\C/C=C\CCCCCCCCC(=O)OCC(COP(=O)(O)OCC(O)COP(=O)(O)OCC(O)COC(=O)CCCCCCCCCCCCCCCCCCCCC/C=C\C/C=C\C/C=C\C/C=C\CCCCC)OC(=O)CCCCCC/C=C\C/C=C\C/C=C\C/C=C\CC. The van der Waals surface area contributed by atoms with Crippen LogP contribution in [0.25, 0.3) is 0 Å². The van der Waals surface area contributed by atoms with Crippen molar-refractivity contribution in [2.24, 2.45) is 0 Å². The maximum atomic E-state index is 13.0. The van der Waals surface area contributed by atoms with Gasteiger partial charge in [-0.3, -0.25) is 32.5 Å². The number of phosphoric acid groups is 2. The van der Waals surface area contributed by atoms with Gasteiger partial charge in [-0.05, 0) is 141 Å². The highest BCUT2D eigenvalue weighted by atomic mass is 31.2. The minimum atomic E-state index is -4.95. The normalized spacial score (nSPS) is 14.6. The zero-order chi connectivity index (χ0) is 78.0. The summed E-state index contributed by atoms with van der Waals surface area (Å²) in [7, 11) is -9.81. The predicted molar refractivity (Wildman–Crippen MR) is 445 cm³/mol. The Kier molecular flexibility index (Phi) is 77.5. The molecule has 0 saturated heterocycles. The molecule has 107 heavy (non-hydrogen) atoms. The molecular weight excluding hydrogens is 1390 g/mol. The van der Waals surface area contributed by atoms with Crippen LogP contribution in [0.5, 0.6) is 0 Å². The zero-order valence-electron chi connectivity index (χ0n) is 67.3. The molecule has 0 aliphatic heterocycles. The van der Waals surface area contributed by atoms with E-state index in [4.69, 9.17) is 32.3 Å². The van der Waals surface area contributed by atoms with Gasteiger partial charge in [0.1, 0.15) is 25.4 Å². The minimum Gasteiger partial charge on any atom is -0.463 e. The molecule has 0 fully saturated rings. The summed E-state index contributed by atoms with van der Waals surface area (Å²) < 4.78 is 61.2. The van der Waals surface area contributed by atoms with Crippen LogP contribution in [0.1, 0.15) is 342 Å². The summed E-state index contributed by atoms with van der Waals surface area (Å²) in [5.74, 6) is -1.62. The van der Waals surface area contributed by atoms with Crippen molar-refractivity contribution in [1.82, 2.24) is 0 Å². The van der Waals surface area contributed by atoms with Gasteiger partial charge in [0.25, 0.3) is 0 Å². The topological polar surface area (TPSA) is 231 Å². The molecule has 0 amide bonds. The van der Waals surface area contributed by atoms with Gasteiger partial charge in [-0.1, -0.05) is 327 Å². The van der Waals surface area contributed by atoms with Crippen molar-refractivity contribution in [1.29, 1.82) is 0 Å². The van der Waals surface area contributed by atoms with Crippen LogP contribution in [0.2, 0.25) is 0 Å². The standard InChI is InChI=1S/C89H152O16P2/c1-4-7-10-13-16-19-22-25-28-31-33-34-35-36-37-38-39-40-41-42-43-44-45-46-47-48-50-53-54-57-60-63-66-69-72-75-87(92)99-78-84(90)79-101-106(95,96)102-80-85(91)81-103-107(97,98)104-83-86(105-89(94)77-74-71-68-65-62-59-56-51-30-27-24-21-18-15-12-9-6-3)82-100-88(93)76-73-70-67-64-61-58-55-52-49-32-29-26-23-20-17-14-11-8-5-2/h8-9,11-12,16-21,25-30,33-34,36-37,49,52,56,59,84-86,90-91H,4-7,10,13-15,22-24,31-32,35,38-48,50-51,53-55,57-58,60-83H2,1-3H3,(H,95,96)(H,97,98)/b11-8-,12-9-,19-16-,20-17-,21-18-,28-25-,29-26-,30-27-,34-33-,37-36-,52-49-,59-56-. The number of esters is 3. The van der Waals surface area contributed by atoms with Crippen molar-refractivity contribution in [2.45, 2.75) is 360 Å². The number of ether oxygens (including phenoxy) is 3. The van der Waals surface area contributed by atoms with Gasteiger partial charge >= 0.3 is 33.6 Å². The van der Waals surface area contributed by atoms with Crippen LogP contribution in [-0.2, 0) is 55.8 Å². The molecule has 0 heterocycles. The second-order valence-corrected chi connectivity index (χ2v) is 30.8. The molecule has 18 heteroatoms. The third kappa shape index (κ3) is 82.2. The Bertz CT molecular complexity index is 2530. The summed E-state index contributed by atoms with van der Waals surface area (Å²) >= 11 is 0. The van der Waals surface area contributed by atoms with Crippen molar-refractivity contribution in [2.75, 3.05) is 39.6 Å². The molecule has 0 saturated carbocycles. The maximum absolute atomic E-state index is 13.0. The Morgan fingerprint density at radius 3 is 0.785 bits per heavy atom. The van der Waals surface area contributed by atoms with Crippen LogP contribution in [0, 0.1) is 0 Å². The number of allylic oxidation sites excluding steroid dienone is 24.